The Morgan fingerprint density at radius 1 is 1.30 bits per heavy atom. The predicted molar refractivity (Wildman–Crippen MR) is 96.5 cm³/mol. The summed E-state index contributed by atoms with van der Waals surface area (Å²) in [6.45, 7) is 3.71. The first-order valence-corrected chi connectivity index (χ1v) is 9.41. The molecule has 0 bridgehead atoms. The number of alkyl halides is 1. The van der Waals surface area contributed by atoms with Crippen molar-refractivity contribution in [2.24, 2.45) is 0 Å². The normalized spacial score (nSPS) is 27.9. The third kappa shape index (κ3) is 5.04. The van der Waals surface area contributed by atoms with Crippen LogP contribution < -0.4 is 11.2 Å². The van der Waals surface area contributed by atoms with Crippen LogP contribution >= 0.6 is 0 Å². The van der Waals surface area contributed by atoms with Gasteiger partial charge in [-0.3, -0.25) is 14.3 Å². The van der Waals surface area contributed by atoms with Gasteiger partial charge in [0, 0.05) is 25.5 Å². The topological polar surface area (TPSA) is 103 Å². The smallest absolute Gasteiger partial charge is 0.330 e. The van der Waals surface area contributed by atoms with Gasteiger partial charge in [0.1, 0.15) is 18.9 Å². The third-order valence-corrected chi connectivity index (χ3v) is 4.61. The van der Waals surface area contributed by atoms with Crippen LogP contribution in [-0.4, -0.2) is 59.0 Å². The van der Waals surface area contributed by atoms with Crippen molar-refractivity contribution >= 4 is 0 Å². The maximum Gasteiger partial charge on any atom is 0.330 e. The summed E-state index contributed by atoms with van der Waals surface area (Å²) in [5.41, 5.74) is -2.85. The minimum atomic E-state index is -1.53. The molecule has 27 heavy (non-hydrogen) atoms. The Morgan fingerprint density at radius 2 is 2.00 bits per heavy atom. The minimum absolute atomic E-state index is 0.105. The molecule has 0 aliphatic carbocycles. The zero-order chi connectivity index (χ0) is 19.9. The fourth-order valence-electron chi connectivity index (χ4n) is 3.05. The van der Waals surface area contributed by atoms with Crippen molar-refractivity contribution in [1.82, 2.24) is 9.55 Å². The quantitative estimate of drug-likeness (QED) is 0.551. The van der Waals surface area contributed by atoms with Crippen LogP contribution in [0.25, 0.3) is 0 Å². The van der Waals surface area contributed by atoms with Crippen molar-refractivity contribution in [2.75, 3.05) is 26.5 Å². The van der Waals surface area contributed by atoms with E-state index < -0.39 is 42.0 Å². The summed E-state index contributed by atoms with van der Waals surface area (Å²) in [6, 6.07) is 1.14. The van der Waals surface area contributed by atoms with Crippen LogP contribution in [0.5, 0.6) is 0 Å². The molecule has 0 saturated carbocycles. The van der Waals surface area contributed by atoms with Gasteiger partial charge in [0.25, 0.3) is 5.56 Å². The molecule has 2 N–H and O–H groups in total. The number of aromatic nitrogens is 2. The largest absolute Gasteiger partial charge is 0.386 e. The molecular weight excluding hydrogens is 359 g/mol. The molecule has 2 rings (SSSR count). The van der Waals surface area contributed by atoms with Gasteiger partial charge in [-0.15, -0.1) is 0 Å². The summed E-state index contributed by atoms with van der Waals surface area (Å²) in [5, 5.41) is 10.7. The van der Waals surface area contributed by atoms with Gasteiger partial charge >= 0.3 is 5.69 Å². The van der Waals surface area contributed by atoms with Crippen molar-refractivity contribution in [3.63, 3.8) is 0 Å². The number of ether oxygens (including phenoxy) is 3. The van der Waals surface area contributed by atoms with E-state index in [9.17, 15) is 19.1 Å². The zero-order valence-corrected chi connectivity index (χ0v) is 15.9. The van der Waals surface area contributed by atoms with Gasteiger partial charge in [0.2, 0.25) is 0 Å². The van der Waals surface area contributed by atoms with E-state index >= 15 is 0 Å². The number of nitrogens with zero attached hydrogens (tertiary/aromatic N) is 1. The van der Waals surface area contributed by atoms with Gasteiger partial charge in [0.05, 0.1) is 6.61 Å². The molecule has 0 aromatic carbocycles. The summed E-state index contributed by atoms with van der Waals surface area (Å²) < 4.78 is 32.3. The average molecular weight is 388 g/mol. The van der Waals surface area contributed by atoms with E-state index in [1.165, 1.54) is 6.20 Å². The number of H-pyrrole nitrogens is 1. The second kappa shape index (κ2) is 10.1. The lowest BCUT2D eigenvalue weighted by Crippen LogP contribution is -2.50. The van der Waals surface area contributed by atoms with E-state index in [1.807, 2.05) is 13.8 Å². The van der Waals surface area contributed by atoms with E-state index in [0.29, 0.717) is 13.2 Å². The fraction of sp³-hybridized carbons (Fsp3) is 0.778. The molecule has 2 heterocycles. The number of hydrogen-bond donors (Lipinski definition) is 2. The summed E-state index contributed by atoms with van der Waals surface area (Å²) in [4.78, 5) is 25.5. The zero-order valence-electron chi connectivity index (χ0n) is 15.9. The number of aromatic amines is 1. The molecule has 1 aliphatic rings. The first kappa shape index (κ1) is 21.7. The summed E-state index contributed by atoms with van der Waals surface area (Å²) in [6.07, 6.45) is 1.09. The van der Waals surface area contributed by atoms with Gasteiger partial charge < -0.3 is 19.3 Å². The molecule has 0 amide bonds. The molecular formula is C18H29FN2O6. The fourth-order valence-corrected chi connectivity index (χ4v) is 3.05. The molecule has 1 aromatic rings. The number of aliphatic hydroxyl groups excluding tert-OH is 1. The standard InChI is InChI=1S/C18H29FN2O6/c1-3-5-9-25-12-18(11-19)15(26-10-6-4-2)14(23)16(27-18)21-8-7-13(22)20-17(21)24/h7-8,14-16,23H,3-6,9-12H2,1-2H3,(H,20,22,24)/t14-,15+,16-,18-/m1/s1. The van der Waals surface area contributed by atoms with Crippen molar-refractivity contribution < 1.29 is 23.7 Å². The van der Waals surface area contributed by atoms with Crippen LogP contribution in [0.15, 0.2) is 21.9 Å². The van der Waals surface area contributed by atoms with Crippen LogP contribution in [0.1, 0.15) is 45.8 Å². The Labute approximate surface area is 157 Å². The van der Waals surface area contributed by atoms with Crippen LogP contribution in [0.2, 0.25) is 0 Å². The molecule has 9 heteroatoms. The highest BCUT2D eigenvalue weighted by Crippen LogP contribution is 2.39. The highest BCUT2D eigenvalue weighted by Gasteiger charge is 2.57. The minimum Gasteiger partial charge on any atom is -0.386 e. The van der Waals surface area contributed by atoms with Crippen molar-refractivity contribution in [2.45, 2.75) is 63.6 Å². The van der Waals surface area contributed by atoms with E-state index in [-0.39, 0.29) is 6.61 Å². The first-order valence-electron chi connectivity index (χ1n) is 9.41. The summed E-state index contributed by atoms with van der Waals surface area (Å²) >= 11 is 0. The van der Waals surface area contributed by atoms with E-state index in [0.717, 1.165) is 36.3 Å². The Balaban J connectivity index is 2.27. The van der Waals surface area contributed by atoms with E-state index in [2.05, 4.69) is 4.98 Å². The predicted octanol–water partition coefficient (Wildman–Crippen LogP) is 1.14. The molecule has 8 nitrogen and oxygen atoms in total. The number of halogens is 1. The third-order valence-electron chi connectivity index (χ3n) is 4.61. The van der Waals surface area contributed by atoms with Gasteiger partial charge in [-0.1, -0.05) is 26.7 Å². The van der Waals surface area contributed by atoms with Gasteiger partial charge in [-0.05, 0) is 12.8 Å². The number of unbranched alkanes of at least 4 members (excludes halogenated alkanes) is 2. The second-order valence-corrected chi connectivity index (χ2v) is 6.77. The lowest BCUT2D eigenvalue weighted by molar-refractivity contribution is -0.161. The number of nitrogens with one attached hydrogen (secondary N) is 1. The number of aliphatic hydroxyl groups is 1. The SMILES string of the molecule is CCCCOC[C@@]1(CF)O[C@@H](n2ccc(=O)[nH]c2=O)[C@H](O)[C@@H]1OCCCC. The summed E-state index contributed by atoms with van der Waals surface area (Å²) in [7, 11) is 0. The van der Waals surface area contributed by atoms with Crippen molar-refractivity contribution in [1.29, 1.82) is 0 Å². The number of hydrogen-bond acceptors (Lipinski definition) is 6. The molecule has 0 spiro atoms. The average Bonchev–Trinajstić information content (AvgIpc) is 2.92. The highest BCUT2D eigenvalue weighted by atomic mass is 19.1. The van der Waals surface area contributed by atoms with Gasteiger partial charge in [0.15, 0.2) is 11.8 Å². The molecule has 0 unspecified atom stereocenters. The van der Waals surface area contributed by atoms with E-state index in [4.69, 9.17) is 14.2 Å². The monoisotopic (exact) mass is 388 g/mol. The maximum absolute atomic E-state index is 14.1. The van der Waals surface area contributed by atoms with Gasteiger partial charge in [-0.25, -0.2) is 9.18 Å². The lowest BCUT2D eigenvalue weighted by atomic mass is 9.97. The molecule has 1 aromatic heterocycles. The highest BCUT2D eigenvalue weighted by molar-refractivity contribution is 5.03. The maximum atomic E-state index is 14.1. The first-order chi connectivity index (χ1) is 13.0. The Bertz CT molecular complexity index is 693. The van der Waals surface area contributed by atoms with Crippen molar-refractivity contribution in [3.8, 4) is 0 Å². The Morgan fingerprint density at radius 3 is 2.63 bits per heavy atom. The Hall–Kier alpha value is -1.55. The second-order valence-electron chi connectivity index (χ2n) is 6.77. The van der Waals surface area contributed by atoms with Crippen LogP contribution in [-0.2, 0) is 14.2 Å². The Kier molecular flexibility index (Phi) is 8.15. The molecule has 1 fully saturated rings. The molecule has 1 aliphatic heterocycles. The molecule has 0 radical (unpaired) electrons. The molecule has 4 atom stereocenters. The molecule has 1 saturated heterocycles. The lowest BCUT2D eigenvalue weighted by Gasteiger charge is -2.31. The van der Waals surface area contributed by atoms with Crippen molar-refractivity contribution in [3.05, 3.63) is 33.1 Å². The number of rotatable bonds is 11. The van der Waals surface area contributed by atoms with E-state index in [1.54, 1.807) is 0 Å². The van der Waals surface area contributed by atoms with Gasteiger partial charge in [-0.2, -0.15) is 0 Å². The van der Waals surface area contributed by atoms with Crippen LogP contribution in [0.4, 0.5) is 4.39 Å². The van der Waals surface area contributed by atoms with Crippen LogP contribution in [0, 0.1) is 0 Å². The van der Waals surface area contributed by atoms with Crippen LogP contribution in [0.3, 0.4) is 0 Å². The molecule has 154 valence electrons. The summed E-state index contributed by atoms with van der Waals surface area (Å²) in [5.74, 6) is 0.